The number of ether oxygens (including phenoxy) is 2. The van der Waals surface area contributed by atoms with Gasteiger partial charge in [0.1, 0.15) is 5.75 Å². The highest BCUT2D eigenvalue weighted by atomic mass is 32.2. The predicted octanol–water partition coefficient (Wildman–Crippen LogP) is 2.46. The van der Waals surface area contributed by atoms with E-state index in [0.717, 1.165) is 11.1 Å². The normalized spacial score (nSPS) is 11.2. The molecule has 0 radical (unpaired) electrons. The molecule has 0 unspecified atom stereocenters. The van der Waals surface area contributed by atoms with Crippen LogP contribution in [-0.2, 0) is 26.0 Å². The van der Waals surface area contributed by atoms with E-state index in [9.17, 15) is 13.2 Å². The summed E-state index contributed by atoms with van der Waals surface area (Å²) in [6.45, 7) is 3.96. The first kappa shape index (κ1) is 19.9. The third kappa shape index (κ3) is 5.86. The van der Waals surface area contributed by atoms with Crippen molar-refractivity contribution in [2.24, 2.45) is 0 Å². The maximum absolute atomic E-state index is 12.3. The Kier molecular flexibility index (Phi) is 7.17. The van der Waals surface area contributed by atoms with Gasteiger partial charge in [-0.05, 0) is 44.0 Å². The first-order chi connectivity index (χ1) is 12.4. The lowest BCUT2D eigenvalue weighted by Gasteiger charge is -2.12. The molecule has 0 bridgehead atoms. The molecule has 140 valence electrons. The van der Waals surface area contributed by atoms with Gasteiger partial charge < -0.3 is 9.47 Å². The fraction of sp³-hybridized carbons (Fsp3) is 0.316. The molecule has 6 nitrogen and oxygen atoms in total. The summed E-state index contributed by atoms with van der Waals surface area (Å²) in [5.41, 5.74) is 1.81. The Balaban J connectivity index is 1.95. The smallest absolute Gasteiger partial charge is 0.344 e. The molecule has 26 heavy (non-hydrogen) atoms. The Morgan fingerprint density at radius 2 is 1.77 bits per heavy atom. The number of nitrogens with one attached hydrogen (secondary N) is 1. The zero-order valence-electron chi connectivity index (χ0n) is 14.9. The maximum atomic E-state index is 12.3. The summed E-state index contributed by atoms with van der Waals surface area (Å²) in [5.74, 6) is 0.0949. The molecule has 1 N–H and O–H groups in total. The summed E-state index contributed by atoms with van der Waals surface area (Å²) in [6.07, 6.45) is 0.435. The Morgan fingerprint density at radius 1 is 1.08 bits per heavy atom. The molecule has 0 aromatic heterocycles. The molecule has 0 aliphatic rings. The van der Waals surface area contributed by atoms with Gasteiger partial charge in [0.25, 0.3) is 0 Å². The van der Waals surface area contributed by atoms with Crippen molar-refractivity contribution in [3.8, 4) is 5.75 Å². The summed E-state index contributed by atoms with van der Waals surface area (Å²) in [6, 6.07) is 13.9. The minimum atomic E-state index is -3.56. The second-order valence-corrected chi connectivity index (χ2v) is 7.43. The van der Waals surface area contributed by atoms with Crippen LogP contribution in [0.25, 0.3) is 0 Å². The number of sulfonamides is 1. The van der Waals surface area contributed by atoms with Gasteiger partial charge >= 0.3 is 5.97 Å². The second-order valence-electron chi connectivity index (χ2n) is 5.66. The molecular formula is C19H23NO5S. The van der Waals surface area contributed by atoms with Crippen LogP contribution in [0.1, 0.15) is 18.1 Å². The number of aryl methyl sites for hydroxylation is 1. The van der Waals surface area contributed by atoms with Gasteiger partial charge in [0.05, 0.1) is 11.5 Å². The molecule has 0 heterocycles. The third-order valence-corrected chi connectivity index (χ3v) is 5.12. The predicted molar refractivity (Wildman–Crippen MR) is 98.6 cm³/mol. The Labute approximate surface area is 154 Å². The first-order valence-electron chi connectivity index (χ1n) is 8.35. The molecule has 7 heteroatoms. The number of benzene rings is 2. The van der Waals surface area contributed by atoms with E-state index in [0.29, 0.717) is 18.8 Å². The lowest BCUT2D eigenvalue weighted by molar-refractivity contribution is -0.145. The van der Waals surface area contributed by atoms with Crippen LogP contribution in [0.15, 0.2) is 53.4 Å². The van der Waals surface area contributed by atoms with Gasteiger partial charge in [0.2, 0.25) is 10.0 Å². The highest BCUT2D eigenvalue weighted by Crippen LogP contribution is 2.18. The van der Waals surface area contributed by atoms with E-state index in [1.165, 1.54) is 0 Å². The minimum absolute atomic E-state index is 0.181. The van der Waals surface area contributed by atoms with Gasteiger partial charge in [-0.1, -0.05) is 35.9 Å². The van der Waals surface area contributed by atoms with Crippen LogP contribution < -0.4 is 9.46 Å². The fourth-order valence-corrected chi connectivity index (χ4v) is 3.34. The second kappa shape index (κ2) is 9.35. The molecular weight excluding hydrogens is 354 g/mol. The van der Waals surface area contributed by atoms with Crippen molar-refractivity contribution in [3.05, 3.63) is 59.7 Å². The first-order valence-corrected chi connectivity index (χ1v) is 9.83. The number of carbonyl (C=O) groups is 1. The van der Waals surface area contributed by atoms with E-state index in [4.69, 9.17) is 9.47 Å². The molecule has 2 aromatic rings. The average Bonchev–Trinajstić information content (AvgIpc) is 2.61. The fourth-order valence-electron chi connectivity index (χ4n) is 2.31. The standard InChI is InChI=1S/C19H23NO5S/c1-3-24-19(21)14-25-18-7-5-4-6-16(18)12-13-20-26(22,23)17-10-8-15(2)9-11-17/h4-11,20H,3,12-14H2,1-2H3. The van der Waals surface area contributed by atoms with Crippen molar-refractivity contribution in [1.29, 1.82) is 0 Å². The highest BCUT2D eigenvalue weighted by Gasteiger charge is 2.14. The topological polar surface area (TPSA) is 81.7 Å². The quantitative estimate of drug-likeness (QED) is 0.679. The van der Waals surface area contributed by atoms with Crippen molar-refractivity contribution in [2.75, 3.05) is 19.8 Å². The molecule has 0 aliphatic carbocycles. The van der Waals surface area contributed by atoms with Crippen LogP contribution in [0.5, 0.6) is 5.75 Å². The molecule has 0 atom stereocenters. The molecule has 0 saturated carbocycles. The average molecular weight is 377 g/mol. The number of hydrogen-bond donors (Lipinski definition) is 1. The van der Waals surface area contributed by atoms with Gasteiger partial charge in [0, 0.05) is 6.54 Å². The summed E-state index contributed by atoms with van der Waals surface area (Å²) >= 11 is 0. The maximum Gasteiger partial charge on any atom is 0.344 e. The van der Waals surface area contributed by atoms with Gasteiger partial charge in [-0.2, -0.15) is 0 Å². The summed E-state index contributed by atoms with van der Waals surface area (Å²) in [7, 11) is -3.56. The van der Waals surface area contributed by atoms with E-state index in [1.807, 2.05) is 19.1 Å². The largest absolute Gasteiger partial charge is 0.482 e. The molecule has 2 rings (SSSR count). The van der Waals surface area contributed by atoms with Crippen LogP contribution in [0.4, 0.5) is 0 Å². The van der Waals surface area contributed by atoms with Crippen LogP contribution in [0.3, 0.4) is 0 Å². The third-order valence-electron chi connectivity index (χ3n) is 3.64. The summed E-state index contributed by atoms with van der Waals surface area (Å²) in [5, 5.41) is 0. The van der Waals surface area contributed by atoms with Crippen LogP contribution in [0.2, 0.25) is 0 Å². The van der Waals surface area contributed by atoms with Gasteiger partial charge in [-0.25, -0.2) is 17.9 Å². The molecule has 2 aromatic carbocycles. The molecule has 0 saturated heterocycles. The van der Waals surface area contributed by atoms with E-state index in [2.05, 4.69) is 4.72 Å². The molecule has 0 amide bonds. The van der Waals surface area contributed by atoms with E-state index >= 15 is 0 Å². The number of esters is 1. The SMILES string of the molecule is CCOC(=O)COc1ccccc1CCNS(=O)(=O)c1ccc(C)cc1. The minimum Gasteiger partial charge on any atom is -0.482 e. The van der Waals surface area contributed by atoms with Crippen LogP contribution in [0, 0.1) is 6.92 Å². The van der Waals surface area contributed by atoms with Crippen molar-refractivity contribution >= 4 is 16.0 Å². The van der Waals surface area contributed by atoms with Gasteiger partial charge in [-0.3, -0.25) is 0 Å². The lowest BCUT2D eigenvalue weighted by atomic mass is 10.1. The zero-order chi connectivity index (χ0) is 19.0. The molecule has 0 fully saturated rings. The highest BCUT2D eigenvalue weighted by molar-refractivity contribution is 7.89. The number of rotatable bonds is 9. The number of hydrogen-bond acceptors (Lipinski definition) is 5. The van der Waals surface area contributed by atoms with Crippen molar-refractivity contribution in [2.45, 2.75) is 25.2 Å². The Morgan fingerprint density at radius 3 is 2.46 bits per heavy atom. The van der Waals surface area contributed by atoms with E-state index in [-0.39, 0.29) is 18.0 Å². The van der Waals surface area contributed by atoms with E-state index < -0.39 is 16.0 Å². The summed E-state index contributed by atoms with van der Waals surface area (Å²) in [4.78, 5) is 11.6. The van der Waals surface area contributed by atoms with E-state index in [1.54, 1.807) is 43.3 Å². The number of para-hydroxylation sites is 1. The lowest BCUT2D eigenvalue weighted by Crippen LogP contribution is -2.26. The molecule has 0 spiro atoms. The summed E-state index contributed by atoms with van der Waals surface area (Å²) < 4.78 is 37.5. The number of carbonyl (C=O) groups excluding carboxylic acids is 1. The van der Waals surface area contributed by atoms with Gasteiger partial charge in [-0.15, -0.1) is 0 Å². The van der Waals surface area contributed by atoms with Crippen molar-refractivity contribution in [3.63, 3.8) is 0 Å². The monoisotopic (exact) mass is 377 g/mol. The van der Waals surface area contributed by atoms with Crippen molar-refractivity contribution < 1.29 is 22.7 Å². The zero-order valence-corrected chi connectivity index (χ0v) is 15.7. The molecule has 0 aliphatic heterocycles. The Hall–Kier alpha value is -2.38. The Bertz CT molecular complexity index is 831. The van der Waals surface area contributed by atoms with Crippen LogP contribution in [-0.4, -0.2) is 34.1 Å². The van der Waals surface area contributed by atoms with Crippen LogP contribution >= 0.6 is 0 Å². The van der Waals surface area contributed by atoms with Crippen molar-refractivity contribution in [1.82, 2.24) is 4.72 Å². The van der Waals surface area contributed by atoms with Gasteiger partial charge in [0.15, 0.2) is 6.61 Å².